The Bertz CT molecular complexity index is 2230. The molecule has 0 heterocycles. The number of carbonyl (C=O) groups is 2. The van der Waals surface area contributed by atoms with Crippen LogP contribution in [-0.4, -0.2) is 36.5 Å². The van der Waals surface area contributed by atoms with Crippen LogP contribution in [0.1, 0.15) is 5.56 Å². The number of phenolic OH excluding ortho intramolecular Hbond substituents is 2. The second kappa shape index (κ2) is 15.5. The third-order valence-corrected chi connectivity index (χ3v) is 7.75. The second-order valence-electron chi connectivity index (χ2n) is 10.8. The van der Waals surface area contributed by atoms with E-state index in [1.54, 1.807) is 67.8 Å². The smallest absolute Gasteiger partial charge is 0.416 e. The fourth-order valence-corrected chi connectivity index (χ4v) is 5.07. The number of carbonyl (C=O) groups excluding carboxylic acids is 2. The number of phenols is 2. The van der Waals surface area contributed by atoms with E-state index < -0.39 is 23.8 Å². The SMILES string of the molecule is COc1ccc(NC(=O)Nc2cc3ccccc3cc2O)c(OC)c1.O=C(Nc1cc2ccccc2cc1O)Nc1cc(C(F)(F)F)ccc1Cl. The number of alkyl halides is 3. The Balaban J connectivity index is 0.000000198. The minimum atomic E-state index is -4.56. The molecule has 0 bridgehead atoms. The lowest BCUT2D eigenvalue weighted by Gasteiger charge is -2.13. The maximum atomic E-state index is 12.8. The molecule has 6 aromatic rings. The van der Waals surface area contributed by atoms with Crippen LogP contribution in [0, 0.1) is 0 Å². The number of methoxy groups -OCH3 is 2. The molecule has 0 saturated heterocycles. The first-order chi connectivity index (χ1) is 24.3. The number of aromatic hydroxyl groups is 2. The number of urea groups is 2. The fraction of sp³-hybridized carbons (Fsp3) is 0.0811. The summed E-state index contributed by atoms with van der Waals surface area (Å²) in [5.74, 6) is 0.914. The van der Waals surface area contributed by atoms with Crippen molar-refractivity contribution in [3.63, 3.8) is 0 Å². The van der Waals surface area contributed by atoms with Crippen LogP contribution in [0.2, 0.25) is 5.02 Å². The number of hydrogen-bond donors (Lipinski definition) is 6. The van der Waals surface area contributed by atoms with E-state index in [1.807, 2.05) is 24.3 Å². The number of hydrogen-bond acceptors (Lipinski definition) is 6. The highest BCUT2D eigenvalue weighted by Gasteiger charge is 2.31. The van der Waals surface area contributed by atoms with Crippen molar-refractivity contribution in [1.29, 1.82) is 0 Å². The summed E-state index contributed by atoms with van der Waals surface area (Å²) in [6, 6.07) is 27.5. The minimum Gasteiger partial charge on any atom is -0.506 e. The zero-order valence-electron chi connectivity index (χ0n) is 26.9. The number of anilines is 4. The molecule has 4 amide bonds. The molecule has 0 aliphatic rings. The van der Waals surface area contributed by atoms with Gasteiger partial charge in [0.2, 0.25) is 0 Å². The molecule has 0 aliphatic heterocycles. The van der Waals surface area contributed by atoms with E-state index in [0.717, 1.165) is 39.7 Å². The van der Waals surface area contributed by atoms with Crippen LogP contribution < -0.4 is 30.7 Å². The number of nitrogens with one attached hydrogen (secondary N) is 4. The standard InChI is InChI=1S/C19H18N2O4.C18H12ClF3N2O2/c1-24-14-7-8-15(18(11-14)25-2)20-19(23)21-16-9-12-5-3-4-6-13(12)10-17(16)22;19-13-6-5-12(18(20,21)22)9-14(13)23-17(26)24-15-7-10-3-1-2-4-11(10)8-16(15)25/h3-11,22H,1-2H3,(H2,20,21,23);1-9,25H,(H2,23,24,26). The molecule has 51 heavy (non-hydrogen) atoms. The van der Waals surface area contributed by atoms with Gasteiger partial charge in [-0.05, 0) is 76.1 Å². The minimum absolute atomic E-state index is 0.00412. The summed E-state index contributed by atoms with van der Waals surface area (Å²) >= 11 is 5.84. The molecule has 0 unspecified atom stereocenters. The van der Waals surface area contributed by atoms with E-state index in [0.29, 0.717) is 22.9 Å². The van der Waals surface area contributed by atoms with E-state index >= 15 is 0 Å². The van der Waals surface area contributed by atoms with Crippen molar-refractivity contribution in [2.75, 3.05) is 35.5 Å². The monoisotopic (exact) mass is 718 g/mol. The second-order valence-corrected chi connectivity index (χ2v) is 11.3. The summed E-state index contributed by atoms with van der Waals surface area (Å²) in [5, 5.41) is 33.4. The first-order valence-corrected chi connectivity index (χ1v) is 15.4. The van der Waals surface area contributed by atoms with E-state index in [4.69, 9.17) is 21.1 Å². The Morgan fingerprint density at radius 2 is 1.06 bits per heavy atom. The van der Waals surface area contributed by atoms with Crippen molar-refractivity contribution in [2.45, 2.75) is 6.18 Å². The van der Waals surface area contributed by atoms with Crippen molar-refractivity contribution in [3.8, 4) is 23.0 Å². The van der Waals surface area contributed by atoms with Crippen LogP contribution >= 0.6 is 11.6 Å². The normalized spacial score (nSPS) is 10.9. The van der Waals surface area contributed by atoms with Crippen molar-refractivity contribution in [3.05, 3.63) is 120 Å². The number of benzene rings is 6. The summed E-state index contributed by atoms with van der Waals surface area (Å²) in [4.78, 5) is 24.4. The molecular weight excluding hydrogens is 689 g/mol. The predicted octanol–water partition coefficient (Wildman–Crippen LogP) is 10.1. The summed E-state index contributed by atoms with van der Waals surface area (Å²) in [7, 11) is 3.06. The van der Waals surface area contributed by atoms with Crippen LogP contribution in [0.25, 0.3) is 21.5 Å². The zero-order valence-corrected chi connectivity index (χ0v) is 27.7. The molecule has 10 nitrogen and oxygen atoms in total. The Morgan fingerprint density at radius 1 is 0.588 bits per heavy atom. The van der Waals surface area contributed by atoms with Gasteiger partial charge in [-0.1, -0.05) is 60.1 Å². The third kappa shape index (κ3) is 9.02. The molecule has 262 valence electrons. The quantitative estimate of drug-likeness (QED) is 0.0947. The van der Waals surface area contributed by atoms with Gasteiger partial charge in [0, 0.05) is 6.07 Å². The van der Waals surface area contributed by atoms with Crippen LogP contribution in [0.4, 0.5) is 45.5 Å². The maximum absolute atomic E-state index is 12.8. The summed E-state index contributed by atoms with van der Waals surface area (Å²) < 4.78 is 48.7. The predicted molar refractivity (Wildman–Crippen MR) is 193 cm³/mol. The van der Waals surface area contributed by atoms with Gasteiger partial charge >= 0.3 is 18.2 Å². The highest BCUT2D eigenvalue weighted by atomic mass is 35.5. The number of amides is 4. The number of fused-ring (bicyclic) bond motifs is 2. The third-order valence-electron chi connectivity index (χ3n) is 7.42. The van der Waals surface area contributed by atoms with Crippen LogP contribution in [0.3, 0.4) is 0 Å². The van der Waals surface area contributed by atoms with Gasteiger partial charge in [-0.3, -0.25) is 0 Å². The number of ether oxygens (including phenoxy) is 2. The topological polar surface area (TPSA) is 141 Å². The number of halogens is 4. The lowest BCUT2D eigenvalue weighted by Crippen LogP contribution is -2.20. The highest BCUT2D eigenvalue weighted by molar-refractivity contribution is 6.33. The van der Waals surface area contributed by atoms with Gasteiger partial charge in [0.05, 0.1) is 47.6 Å². The van der Waals surface area contributed by atoms with Gasteiger partial charge in [-0.2, -0.15) is 13.2 Å². The largest absolute Gasteiger partial charge is 0.506 e. The highest BCUT2D eigenvalue weighted by Crippen LogP contribution is 2.35. The van der Waals surface area contributed by atoms with Crippen LogP contribution in [0.5, 0.6) is 23.0 Å². The van der Waals surface area contributed by atoms with Gasteiger partial charge in [0.25, 0.3) is 0 Å². The molecule has 6 aromatic carbocycles. The van der Waals surface area contributed by atoms with Crippen molar-refractivity contribution < 1.29 is 42.4 Å². The summed E-state index contributed by atoms with van der Waals surface area (Å²) in [5.41, 5.74) is -0.209. The molecule has 0 spiro atoms. The average molecular weight is 719 g/mol. The molecule has 0 radical (unpaired) electrons. The van der Waals surface area contributed by atoms with E-state index in [-0.39, 0.29) is 27.9 Å². The van der Waals surface area contributed by atoms with E-state index in [9.17, 15) is 33.0 Å². The number of rotatable bonds is 6. The van der Waals surface area contributed by atoms with Crippen molar-refractivity contribution >= 4 is 68.0 Å². The van der Waals surface area contributed by atoms with Gasteiger partial charge in [0.1, 0.15) is 23.0 Å². The van der Waals surface area contributed by atoms with Gasteiger partial charge in [-0.15, -0.1) is 0 Å². The molecular formula is C37H30ClF3N4O6. The van der Waals surface area contributed by atoms with Crippen LogP contribution in [0.15, 0.2) is 109 Å². The molecule has 6 rings (SSSR count). The van der Waals surface area contributed by atoms with Crippen molar-refractivity contribution in [2.24, 2.45) is 0 Å². The molecule has 0 aromatic heterocycles. The molecule has 0 aliphatic carbocycles. The Labute approximate surface area is 294 Å². The molecule has 6 N–H and O–H groups in total. The maximum Gasteiger partial charge on any atom is 0.416 e. The van der Waals surface area contributed by atoms with E-state index in [1.165, 1.54) is 13.2 Å². The van der Waals surface area contributed by atoms with Crippen LogP contribution in [-0.2, 0) is 6.18 Å². The molecule has 0 saturated carbocycles. The van der Waals surface area contributed by atoms with Crippen molar-refractivity contribution in [1.82, 2.24) is 0 Å². The van der Waals surface area contributed by atoms with E-state index in [2.05, 4.69) is 21.3 Å². The summed E-state index contributed by atoms with van der Waals surface area (Å²) in [6.45, 7) is 0. The average Bonchev–Trinajstić information content (AvgIpc) is 3.10. The Kier molecular flexibility index (Phi) is 10.9. The Morgan fingerprint density at radius 3 is 1.53 bits per heavy atom. The van der Waals surface area contributed by atoms with Gasteiger partial charge < -0.3 is 41.0 Å². The lowest BCUT2D eigenvalue weighted by molar-refractivity contribution is -0.137. The molecule has 0 fully saturated rings. The molecule has 14 heteroatoms. The van der Waals surface area contributed by atoms with Gasteiger partial charge in [-0.25, -0.2) is 9.59 Å². The zero-order chi connectivity index (χ0) is 36.7. The van der Waals surface area contributed by atoms with Gasteiger partial charge in [0.15, 0.2) is 0 Å². The fourth-order valence-electron chi connectivity index (χ4n) is 4.91. The molecule has 0 atom stereocenters. The Hall–Kier alpha value is -6.34. The summed E-state index contributed by atoms with van der Waals surface area (Å²) in [6.07, 6.45) is -4.56. The lowest BCUT2D eigenvalue weighted by atomic mass is 10.1. The first-order valence-electron chi connectivity index (χ1n) is 15.0. The first kappa shape index (κ1) is 36.0.